The number of methoxy groups -OCH3 is 1. The van der Waals surface area contributed by atoms with Crippen LogP contribution in [0.2, 0.25) is 0 Å². The molecule has 3 aliphatic rings. The van der Waals surface area contributed by atoms with E-state index in [1.165, 1.54) is 5.56 Å². The van der Waals surface area contributed by atoms with Crippen molar-refractivity contribution < 1.29 is 23.8 Å². The number of ether oxygens (including phenoxy) is 3. The predicted molar refractivity (Wildman–Crippen MR) is 169 cm³/mol. The minimum absolute atomic E-state index is 0.00498. The summed E-state index contributed by atoms with van der Waals surface area (Å²) in [4.78, 5) is 32.2. The summed E-state index contributed by atoms with van der Waals surface area (Å²) in [5.74, 6) is 2.14. The van der Waals surface area contributed by atoms with Gasteiger partial charge < -0.3 is 28.6 Å². The van der Waals surface area contributed by atoms with E-state index in [4.69, 9.17) is 14.2 Å². The lowest BCUT2D eigenvalue weighted by Crippen LogP contribution is -2.40. The van der Waals surface area contributed by atoms with E-state index in [0.717, 1.165) is 65.5 Å². The van der Waals surface area contributed by atoms with E-state index in [1.807, 2.05) is 44.4 Å². The van der Waals surface area contributed by atoms with Crippen molar-refractivity contribution in [2.75, 3.05) is 33.3 Å². The van der Waals surface area contributed by atoms with E-state index >= 15 is 0 Å². The van der Waals surface area contributed by atoms with Gasteiger partial charge in [0.25, 0.3) is 5.91 Å². The second kappa shape index (κ2) is 11.6. The Morgan fingerprint density at radius 3 is 2.44 bits per heavy atom. The molecule has 2 saturated heterocycles. The molecule has 2 atom stereocenters. The smallest absolute Gasteiger partial charge is 0.410 e. The number of aryl methyl sites for hydroxylation is 1. The molecular weight excluding hydrogens is 562 g/mol. The third kappa shape index (κ3) is 5.88. The first-order valence-electron chi connectivity index (χ1n) is 15.4. The Labute approximate surface area is 258 Å². The Bertz CT molecular complexity index is 1500. The summed E-state index contributed by atoms with van der Waals surface area (Å²) in [5, 5.41) is 2.08. The van der Waals surface area contributed by atoms with E-state index in [1.54, 1.807) is 18.4 Å². The summed E-state index contributed by atoms with van der Waals surface area (Å²) in [5.41, 5.74) is 4.62. The third-order valence-corrected chi connectivity index (χ3v) is 9.59. The van der Waals surface area contributed by atoms with Crippen LogP contribution < -0.4 is 9.47 Å². The molecule has 5 heterocycles. The first-order valence-corrected chi connectivity index (χ1v) is 16.3. The van der Waals surface area contributed by atoms with Gasteiger partial charge >= 0.3 is 6.09 Å². The Morgan fingerprint density at radius 1 is 0.977 bits per heavy atom. The van der Waals surface area contributed by atoms with Gasteiger partial charge in [-0.1, -0.05) is 6.07 Å². The predicted octanol–water partition coefficient (Wildman–Crippen LogP) is 6.95. The Kier molecular flexibility index (Phi) is 7.96. The summed E-state index contributed by atoms with van der Waals surface area (Å²) in [6, 6.07) is 10.4. The number of carbonyl (C=O) groups is 2. The maximum absolute atomic E-state index is 14.3. The molecule has 230 valence electrons. The highest BCUT2D eigenvalue weighted by molar-refractivity contribution is 7.13. The van der Waals surface area contributed by atoms with Crippen LogP contribution in [-0.4, -0.2) is 71.4 Å². The summed E-state index contributed by atoms with van der Waals surface area (Å²) in [6.07, 6.45) is 2.48. The molecule has 8 nitrogen and oxygen atoms in total. The van der Waals surface area contributed by atoms with Gasteiger partial charge in [0.05, 0.1) is 18.9 Å². The van der Waals surface area contributed by atoms with Crippen molar-refractivity contribution >= 4 is 23.3 Å². The van der Waals surface area contributed by atoms with Gasteiger partial charge in [-0.2, -0.15) is 0 Å². The van der Waals surface area contributed by atoms with E-state index in [-0.39, 0.29) is 24.0 Å². The number of hydrogen-bond donors (Lipinski definition) is 0. The van der Waals surface area contributed by atoms with Crippen LogP contribution in [0.15, 0.2) is 35.7 Å². The maximum atomic E-state index is 14.3. The number of likely N-dealkylation sites (tertiary alicyclic amines) is 2. The zero-order valence-corrected chi connectivity index (χ0v) is 27.0. The van der Waals surface area contributed by atoms with Crippen molar-refractivity contribution in [1.82, 2.24) is 14.4 Å². The second-order valence-corrected chi connectivity index (χ2v) is 14.2. The van der Waals surface area contributed by atoms with Crippen LogP contribution in [0.25, 0.3) is 21.7 Å². The first kappa shape index (κ1) is 29.6. The molecule has 2 fully saturated rings. The molecule has 9 heteroatoms. The minimum Gasteiger partial charge on any atom is -0.493 e. The van der Waals surface area contributed by atoms with Crippen LogP contribution in [-0.2, 0) is 17.7 Å². The van der Waals surface area contributed by atoms with Crippen LogP contribution >= 0.6 is 11.3 Å². The van der Waals surface area contributed by atoms with Crippen LogP contribution in [0.1, 0.15) is 63.5 Å². The molecule has 6 rings (SSSR count). The molecule has 0 radical (unpaired) electrons. The molecule has 1 aromatic carbocycles. The molecule has 43 heavy (non-hydrogen) atoms. The number of rotatable bonds is 5. The van der Waals surface area contributed by atoms with Gasteiger partial charge in [-0.05, 0) is 101 Å². The Balaban J connectivity index is 1.32. The number of thiophene rings is 1. The average Bonchev–Trinajstić information content (AvgIpc) is 3.67. The number of hydrogen-bond acceptors (Lipinski definition) is 6. The molecule has 0 saturated carbocycles. The zero-order chi connectivity index (χ0) is 30.5. The van der Waals surface area contributed by atoms with Crippen molar-refractivity contribution in [3.63, 3.8) is 0 Å². The summed E-state index contributed by atoms with van der Waals surface area (Å²) in [7, 11) is 1.68. The van der Waals surface area contributed by atoms with Crippen molar-refractivity contribution in [2.45, 2.75) is 72.1 Å². The fraction of sp³-hybridized carbons (Fsp3) is 0.529. The maximum Gasteiger partial charge on any atom is 0.410 e. The Hall–Kier alpha value is -3.46. The zero-order valence-electron chi connectivity index (χ0n) is 26.1. The van der Waals surface area contributed by atoms with Crippen molar-refractivity contribution in [2.24, 2.45) is 11.8 Å². The molecule has 0 bridgehead atoms. The van der Waals surface area contributed by atoms with Gasteiger partial charge in [-0.15, -0.1) is 11.3 Å². The normalized spacial score (nSPS) is 19.9. The van der Waals surface area contributed by atoms with Gasteiger partial charge in [0.15, 0.2) is 11.5 Å². The summed E-state index contributed by atoms with van der Waals surface area (Å²) >= 11 is 1.69. The van der Waals surface area contributed by atoms with E-state index in [0.29, 0.717) is 31.3 Å². The van der Waals surface area contributed by atoms with E-state index < -0.39 is 5.60 Å². The molecule has 3 aliphatic heterocycles. The number of amides is 2. The van der Waals surface area contributed by atoms with Gasteiger partial charge in [-0.3, -0.25) is 4.79 Å². The van der Waals surface area contributed by atoms with Crippen LogP contribution in [0.5, 0.6) is 11.5 Å². The summed E-state index contributed by atoms with van der Waals surface area (Å²) in [6.45, 7) is 13.2. The molecule has 2 amide bonds. The quantitative estimate of drug-likeness (QED) is 0.315. The van der Waals surface area contributed by atoms with Crippen LogP contribution in [0.4, 0.5) is 4.79 Å². The molecule has 2 aromatic heterocycles. The minimum atomic E-state index is -0.528. The molecule has 3 aromatic rings. The lowest BCUT2D eigenvalue weighted by atomic mass is 9.93. The number of benzene rings is 1. The Morgan fingerprint density at radius 2 is 1.74 bits per heavy atom. The lowest BCUT2D eigenvalue weighted by Gasteiger charge is -2.28. The highest BCUT2D eigenvalue weighted by atomic mass is 32.1. The number of nitrogens with zero attached hydrogens (tertiary/aromatic N) is 3. The van der Waals surface area contributed by atoms with Gasteiger partial charge in [-0.25, -0.2) is 4.79 Å². The largest absolute Gasteiger partial charge is 0.493 e. The highest BCUT2D eigenvalue weighted by Gasteiger charge is 2.41. The van der Waals surface area contributed by atoms with Gasteiger partial charge in [0, 0.05) is 48.7 Å². The van der Waals surface area contributed by atoms with Gasteiger partial charge in [0.1, 0.15) is 11.3 Å². The molecule has 0 N–H and O–H groups in total. The number of fused-ring (bicyclic) bond motifs is 4. The fourth-order valence-electron chi connectivity index (χ4n) is 6.85. The monoisotopic (exact) mass is 605 g/mol. The van der Waals surface area contributed by atoms with Crippen molar-refractivity contribution in [1.29, 1.82) is 0 Å². The van der Waals surface area contributed by atoms with E-state index in [2.05, 4.69) is 40.3 Å². The van der Waals surface area contributed by atoms with Crippen LogP contribution in [0, 0.1) is 11.8 Å². The standard InChI is InChI=1S/C34H43N3O5S/c1-21(2)41-29-17-25-22(15-28(29)40-6)11-13-37-27(16-26(31(25)37)30-10-8-14-43-30)32(38)36-18-23-9-7-12-35(19-24(23)20-36)33(39)42-34(3,4)5/h8,10,14-17,21,23-24H,7,9,11-13,18-20H2,1-6H3. The van der Waals surface area contributed by atoms with Crippen molar-refractivity contribution in [3.05, 3.63) is 47.0 Å². The fourth-order valence-corrected chi connectivity index (χ4v) is 7.59. The SMILES string of the molecule is COc1cc2c(cc1OC(C)C)-c1c(-c3cccs3)cc(C(=O)N3CC4CCCN(C(=O)OC(C)(C)C)CC4C3)n1CC2. The molecular formula is C34H43N3O5S. The molecule has 0 aliphatic carbocycles. The number of carbonyl (C=O) groups excluding carboxylic acids is 2. The lowest BCUT2D eigenvalue weighted by molar-refractivity contribution is 0.0232. The first-order chi connectivity index (χ1) is 20.5. The van der Waals surface area contributed by atoms with Crippen LogP contribution in [0.3, 0.4) is 0 Å². The van der Waals surface area contributed by atoms with Crippen molar-refractivity contribution in [3.8, 4) is 33.2 Å². The second-order valence-electron chi connectivity index (χ2n) is 13.3. The highest BCUT2D eigenvalue weighted by Crippen LogP contribution is 2.46. The average molecular weight is 606 g/mol. The number of aromatic nitrogens is 1. The summed E-state index contributed by atoms with van der Waals surface area (Å²) < 4.78 is 19.7. The molecule has 2 unspecified atom stereocenters. The topological polar surface area (TPSA) is 73.2 Å². The molecule has 0 spiro atoms. The third-order valence-electron chi connectivity index (χ3n) is 8.69. The van der Waals surface area contributed by atoms with Gasteiger partial charge in [0.2, 0.25) is 0 Å². The van der Waals surface area contributed by atoms with E-state index in [9.17, 15) is 9.59 Å².